The quantitative estimate of drug-likeness (QED) is 0.183. The van der Waals surface area contributed by atoms with Gasteiger partial charge in [-0.1, -0.05) is 38.3 Å². The Kier molecular flexibility index (Phi) is 11.2. The van der Waals surface area contributed by atoms with Gasteiger partial charge in [-0.2, -0.15) is 8.78 Å². The van der Waals surface area contributed by atoms with Crippen LogP contribution in [0.2, 0.25) is 0 Å². The van der Waals surface area contributed by atoms with E-state index in [4.69, 9.17) is 14.2 Å². The van der Waals surface area contributed by atoms with Gasteiger partial charge in [-0.05, 0) is 98.9 Å². The Hall–Kier alpha value is -2.26. The predicted octanol–water partition coefficient (Wildman–Crippen LogP) is 10.7. The van der Waals surface area contributed by atoms with E-state index >= 15 is 4.39 Å². The molecule has 0 spiro atoms. The summed E-state index contributed by atoms with van der Waals surface area (Å²) in [6.07, 6.45) is 2.82. The zero-order chi connectivity index (χ0) is 31.3. The molecule has 244 valence electrons. The molecule has 3 aliphatic rings. The summed E-state index contributed by atoms with van der Waals surface area (Å²) in [5.41, 5.74) is 0.661. The summed E-state index contributed by atoms with van der Waals surface area (Å²) >= 11 is 0. The van der Waals surface area contributed by atoms with Gasteiger partial charge in [0.05, 0.1) is 24.7 Å². The molecule has 0 N–H and O–H groups in total. The number of hydrogen-bond donors (Lipinski definition) is 0. The van der Waals surface area contributed by atoms with Crippen LogP contribution in [0.5, 0.6) is 5.75 Å². The number of alkyl halides is 4. The van der Waals surface area contributed by atoms with Crippen LogP contribution in [0, 0.1) is 29.4 Å². The molecule has 0 radical (unpaired) electrons. The Morgan fingerprint density at radius 2 is 1.50 bits per heavy atom. The maximum atomic E-state index is 15.3. The van der Waals surface area contributed by atoms with Gasteiger partial charge in [0, 0.05) is 17.9 Å². The molecule has 1 saturated heterocycles. The van der Waals surface area contributed by atoms with Crippen LogP contribution < -0.4 is 4.74 Å². The summed E-state index contributed by atoms with van der Waals surface area (Å²) in [6.45, 7) is 3.74. The van der Waals surface area contributed by atoms with Crippen molar-refractivity contribution < 1.29 is 40.6 Å². The molecule has 0 atom stereocenters. The Balaban J connectivity index is 1.09. The lowest BCUT2D eigenvalue weighted by Crippen LogP contribution is -2.38. The van der Waals surface area contributed by atoms with Gasteiger partial charge in [0.15, 0.2) is 6.29 Å². The van der Waals surface area contributed by atoms with E-state index in [9.17, 15) is 22.0 Å². The Morgan fingerprint density at radius 3 is 2.11 bits per heavy atom. The zero-order valence-electron chi connectivity index (χ0n) is 25.4. The summed E-state index contributed by atoms with van der Waals surface area (Å²) in [6, 6.07) is 7.66. The van der Waals surface area contributed by atoms with Crippen LogP contribution >= 0.6 is 0 Å². The van der Waals surface area contributed by atoms with Crippen molar-refractivity contribution in [3.63, 3.8) is 0 Å². The molecule has 2 saturated carbocycles. The fourth-order valence-corrected chi connectivity index (χ4v) is 7.26. The maximum absolute atomic E-state index is 15.3. The van der Waals surface area contributed by atoms with Crippen molar-refractivity contribution in [3.8, 4) is 5.75 Å². The van der Waals surface area contributed by atoms with E-state index in [1.807, 2.05) is 12.1 Å². The van der Waals surface area contributed by atoms with Gasteiger partial charge >= 0.3 is 6.11 Å². The standard InChI is InChI=1S/C35H44F6O3/c1-2-3-4-5-22-20-42-34(43-21-22)25-8-6-23(7-9-25)26-12-16-29(31(36)18-26)24-10-13-27(14-11-24)35(40,41)44-28-15-17-30(33(38)39)32(37)19-28/h12,15-19,22-25,27,33-34H,2-11,13-14,20-21H2,1H3. The van der Waals surface area contributed by atoms with Gasteiger partial charge in [-0.15, -0.1) is 0 Å². The van der Waals surface area contributed by atoms with E-state index in [0.717, 1.165) is 63.0 Å². The minimum absolute atomic E-state index is 0.102. The van der Waals surface area contributed by atoms with E-state index in [1.165, 1.54) is 19.3 Å². The highest BCUT2D eigenvalue weighted by atomic mass is 19.3. The van der Waals surface area contributed by atoms with E-state index < -0.39 is 35.6 Å². The first-order chi connectivity index (χ1) is 21.1. The predicted molar refractivity (Wildman–Crippen MR) is 156 cm³/mol. The molecule has 44 heavy (non-hydrogen) atoms. The maximum Gasteiger partial charge on any atom is 0.400 e. The highest BCUT2D eigenvalue weighted by molar-refractivity contribution is 5.31. The van der Waals surface area contributed by atoms with Crippen molar-refractivity contribution in [1.82, 2.24) is 0 Å². The number of unbranched alkanes of at least 4 members (excludes halogenated alkanes) is 2. The molecule has 1 heterocycles. The van der Waals surface area contributed by atoms with Crippen LogP contribution in [0.15, 0.2) is 36.4 Å². The second kappa shape index (κ2) is 14.9. The van der Waals surface area contributed by atoms with E-state index in [1.54, 1.807) is 6.07 Å². The van der Waals surface area contributed by atoms with Crippen molar-refractivity contribution in [3.05, 3.63) is 64.7 Å². The van der Waals surface area contributed by atoms with Crippen molar-refractivity contribution in [1.29, 1.82) is 0 Å². The molecular weight excluding hydrogens is 582 g/mol. The Morgan fingerprint density at radius 1 is 0.818 bits per heavy atom. The van der Waals surface area contributed by atoms with Crippen molar-refractivity contribution in [2.75, 3.05) is 13.2 Å². The zero-order valence-corrected chi connectivity index (χ0v) is 25.4. The third-order valence-corrected chi connectivity index (χ3v) is 9.96. The van der Waals surface area contributed by atoms with E-state index in [-0.39, 0.29) is 36.8 Å². The molecule has 2 aromatic carbocycles. The molecular formula is C35H44F6O3. The summed E-state index contributed by atoms with van der Waals surface area (Å²) in [7, 11) is 0. The summed E-state index contributed by atoms with van der Waals surface area (Å²) in [4.78, 5) is 0. The molecule has 3 nitrogen and oxygen atoms in total. The fraction of sp³-hybridized carbons (Fsp3) is 0.657. The second-order valence-electron chi connectivity index (χ2n) is 13.0. The van der Waals surface area contributed by atoms with Crippen molar-refractivity contribution in [2.24, 2.45) is 17.8 Å². The molecule has 5 rings (SSSR count). The van der Waals surface area contributed by atoms with Crippen molar-refractivity contribution in [2.45, 2.75) is 115 Å². The van der Waals surface area contributed by atoms with Crippen LogP contribution in [0.4, 0.5) is 26.3 Å². The van der Waals surface area contributed by atoms with Crippen molar-refractivity contribution >= 4 is 0 Å². The van der Waals surface area contributed by atoms with E-state index in [2.05, 4.69) is 6.92 Å². The molecule has 2 aliphatic carbocycles. The topological polar surface area (TPSA) is 27.7 Å². The van der Waals surface area contributed by atoms with Crippen LogP contribution in [0.1, 0.15) is 119 Å². The number of halogens is 6. The monoisotopic (exact) mass is 626 g/mol. The largest absolute Gasteiger partial charge is 0.432 e. The van der Waals surface area contributed by atoms with E-state index in [0.29, 0.717) is 36.3 Å². The Bertz CT molecular complexity index is 1200. The molecule has 1 aliphatic heterocycles. The molecule has 3 fully saturated rings. The summed E-state index contributed by atoms with van der Waals surface area (Å²) < 4.78 is 101. The molecule has 2 aromatic rings. The van der Waals surface area contributed by atoms with Gasteiger partial charge in [-0.3, -0.25) is 0 Å². The average Bonchev–Trinajstić information content (AvgIpc) is 3.01. The van der Waals surface area contributed by atoms with Crippen LogP contribution in [-0.4, -0.2) is 25.6 Å². The summed E-state index contributed by atoms with van der Waals surface area (Å²) in [5, 5.41) is 0. The number of hydrogen-bond acceptors (Lipinski definition) is 3. The first-order valence-corrected chi connectivity index (χ1v) is 16.3. The smallest absolute Gasteiger partial charge is 0.400 e. The minimum Gasteiger partial charge on any atom is -0.432 e. The lowest BCUT2D eigenvalue weighted by Gasteiger charge is -2.38. The highest BCUT2D eigenvalue weighted by Gasteiger charge is 2.44. The van der Waals surface area contributed by atoms with Crippen LogP contribution in [0.3, 0.4) is 0 Å². The Labute approximate surface area is 256 Å². The van der Waals surface area contributed by atoms with Gasteiger partial charge in [0.25, 0.3) is 6.43 Å². The van der Waals surface area contributed by atoms with Gasteiger partial charge in [0.2, 0.25) is 0 Å². The third-order valence-electron chi connectivity index (χ3n) is 9.96. The molecule has 0 aromatic heterocycles. The first kappa shape index (κ1) is 33.1. The lowest BCUT2D eigenvalue weighted by atomic mass is 9.76. The first-order valence-electron chi connectivity index (χ1n) is 16.3. The second-order valence-corrected chi connectivity index (χ2v) is 13.0. The number of rotatable bonds is 11. The minimum atomic E-state index is -3.60. The van der Waals surface area contributed by atoms with Gasteiger partial charge in [0.1, 0.15) is 17.4 Å². The number of benzene rings is 2. The molecule has 0 bridgehead atoms. The number of ether oxygens (including phenoxy) is 3. The normalized spacial score (nSPS) is 28.3. The molecule has 0 amide bonds. The van der Waals surface area contributed by atoms with Crippen LogP contribution in [-0.2, 0) is 9.47 Å². The van der Waals surface area contributed by atoms with Gasteiger partial charge < -0.3 is 14.2 Å². The molecule has 9 heteroatoms. The third kappa shape index (κ3) is 8.11. The fourth-order valence-electron chi connectivity index (χ4n) is 7.26. The summed E-state index contributed by atoms with van der Waals surface area (Å²) in [5.74, 6) is -2.28. The average molecular weight is 627 g/mol. The molecule has 0 unspecified atom stereocenters. The lowest BCUT2D eigenvalue weighted by molar-refractivity contribution is -0.229. The van der Waals surface area contributed by atoms with Gasteiger partial charge in [-0.25, -0.2) is 17.6 Å². The van der Waals surface area contributed by atoms with Crippen LogP contribution in [0.25, 0.3) is 0 Å². The highest BCUT2D eigenvalue weighted by Crippen LogP contribution is 2.45. The SMILES string of the molecule is CCCCCC1COC(C2CCC(c3ccc(C4CCC(C(F)(F)Oc5ccc(C(F)F)c(F)c5)CC4)c(F)c3)CC2)OC1.